The summed E-state index contributed by atoms with van der Waals surface area (Å²) in [4.78, 5) is 26.8. The second-order valence-corrected chi connectivity index (χ2v) is 3.47. The lowest BCUT2D eigenvalue weighted by molar-refractivity contribution is 0.0690. The molecule has 0 bridgehead atoms. The van der Waals surface area contributed by atoms with Gasteiger partial charge in [0, 0.05) is 11.8 Å². The van der Waals surface area contributed by atoms with Crippen LogP contribution in [-0.4, -0.2) is 38.1 Å². The van der Waals surface area contributed by atoms with Crippen LogP contribution >= 0.6 is 0 Å². The summed E-state index contributed by atoms with van der Waals surface area (Å²) in [7, 11) is 1.48. The lowest BCUT2D eigenvalue weighted by atomic mass is 10.3. The van der Waals surface area contributed by atoms with Crippen LogP contribution < -0.4 is 4.74 Å². The number of carboxylic acid groups (broad SMARTS) is 1. The fourth-order valence-corrected chi connectivity index (χ4v) is 1.37. The lowest BCUT2D eigenvalue weighted by Gasteiger charge is -2.03. The van der Waals surface area contributed by atoms with E-state index in [1.165, 1.54) is 19.5 Å². The predicted molar refractivity (Wildman–Crippen MR) is 61.3 cm³/mol. The number of aryl methyl sites for hydroxylation is 1. The summed E-state index contributed by atoms with van der Waals surface area (Å²) in [5.74, 6) is -0.516. The normalized spacial score (nSPS) is 10.1. The number of hydrogen-bond donors (Lipinski definition) is 1. The van der Waals surface area contributed by atoms with Crippen molar-refractivity contribution in [3.8, 4) is 17.4 Å². The maximum absolute atomic E-state index is 10.9. The maximum Gasteiger partial charge on any atom is 0.354 e. The quantitative estimate of drug-likeness (QED) is 0.860. The molecule has 0 aliphatic rings. The van der Waals surface area contributed by atoms with Crippen molar-refractivity contribution < 1.29 is 14.6 Å². The molecule has 0 fully saturated rings. The standard InChI is InChI=1S/C11H10N4O3/c1-6-3-8(11(16)17)15-10(14-6)7-4-9(18-2)13-5-12-7/h3-5H,1-2H3,(H,16,17). The van der Waals surface area contributed by atoms with Crippen molar-refractivity contribution in [2.24, 2.45) is 0 Å². The SMILES string of the molecule is COc1cc(-c2nc(C)cc(C(=O)O)n2)ncn1. The third kappa shape index (κ3) is 2.40. The van der Waals surface area contributed by atoms with Crippen LogP contribution in [0.5, 0.6) is 5.88 Å². The molecule has 0 saturated carbocycles. The number of aromatic nitrogens is 4. The van der Waals surface area contributed by atoms with Gasteiger partial charge in [-0.05, 0) is 13.0 Å². The van der Waals surface area contributed by atoms with Crippen molar-refractivity contribution in [3.63, 3.8) is 0 Å². The van der Waals surface area contributed by atoms with Crippen molar-refractivity contribution in [3.05, 3.63) is 29.8 Å². The molecule has 0 aliphatic heterocycles. The Morgan fingerprint density at radius 2 is 2.06 bits per heavy atom. The fourth-order valence-electron chi connectivity index (χ4n) is 1.37. The van der Waals surface area contributed by atoms with Crippen molar-refractivity contribution in [1.82, 2.24) is 19.9 Å². The maximum atomic E-state index is 10.9. The molecular weight excluding hydrogens is 236 g/mol. The Labute approximate surface area is 103 Å². The van der Waals surface area contributed by atoms with Gasteiger partial charge in [0.1, 0.15) is 12.0 Å². The second-order valence-electron chi connectivity index (χ2n) is 3.47. The number of carbonyl (C=O) groups is 1. The number of rotatable bonds is 3. The molecule has 0 saturated heterocycles. The highest BCUT2D eigenvalue weighted by atomic mass is 16.5. The highest BCUT2D eigenvalue weighted by Crippen LogP contribution is 2.16. The van der Waals surface area contributed by atoms with Crippen molar-refractivity contribution in [2.75, 3.05) is 7.11 Å². The molecule has 0 amide bonds. The average Bonchev–Trinajstić information content (AvgIpc) is 2.38. The summed E-state index contributed by atoms with van der Waals surface area (Å²) in [6.07, 6.45) is 1.31. The molecular formula is C11H10N4O3. The Kier molecular flexibility index (Phi) is 3.13. The first-order valence-electron chi connectivity index (χ1n) is 5.05. The van der Waals surface area contributed by atoms with Crippen LogP contribution in [-0.2, 0) is 0 Å². The van der Waals surface area contributed by atoms with Gasteiger partial charge in [-0.25, -0.2) is 24.7 Å². The summed E-state index contributed by atoms with van der Waals surface area (Å²) >= 11 is 0. The van der Waals surface area contributed by atoms with Crippen LogP contribution in [0.25, 0.3) is 11.5 Å². The molecule has 92 valence electrons. The third-order valence-corrected chi connectivity index (χ3v) is 2.15. The van der Waals surface area contributed by atoms with Crippen LogP contribution in [0.3, 0.4) is 0 Å². The van der Waals surface area contributed by atoms with Gasteiger partial charge in [0.2, 0.25) is 5.88 Å². The monoisotopic (exact) mass is 246 g/mol. The number of nitrogens with zero attached hydrogens (tertiary/aromatic N) is 4. The van der Waals surface area contributed by atoms with Gasteiger partial charge in [0.25, 0.3) is 0 Å². The first-order valence-corrected chi connectivity index (χ1v) is 5.05. The highest BCUT2D eigenvalue weighted by Gasteiger charge is 2.11. The average molecular weight is 246 g/mol. The Balaban J connectivity index is 2.52. The summed E-state index contributed by atoms with van der Waals surface area (Å²) < 4.78 is 4.96. The van der Waals surface area contributed by atoms with E-state index in [0.29, 0.717) is 17.3 Å². The molecule has 2 heterocycles. The zero-order chi connectivity index (χ0) is 13.1. The van der Waals surface area contributed by atoms with E-state index in [9.17, 15) is 4.79 Å². The second kappa shape index (κ2) is 4.74. The molecule has 0 radical (unpaired) electrons. The molecule has 2 aromatic heterocycles. The summed E-state index contributed by atoms with van der Waals surface area (Å²) in [5, 5.41) is 8.93. The van der Waals surface area contributed by atoms with Gasteiger partial charge in [-0.2, -0.15) is 0 Å². The number of ether oxygens (including phenoxy) is 1. The fraction of sp³-hybridized carbons (Fsp3) is 0.182. The van der Waals surface area contributed by atoms with Gasteiger partial charge >= 0.3 is 5.97 Å². The van der Waals surface area contributed by atoms with E-state index in [2.05, 4.69) is 19.9 Å². The van der Waals surface area contributed by atoms with Crippen molar-refractivity contribution >= 4 is 5.97 Å². The molecule has 1 N–H and O–H groups in total. The Morgan fingerprint density at radius 3 is 2.72 bits per heavy atom. The van der Waals surface area contributed by atoms with Crippen LogP contribution in [0.4, 0.5) is 0 Å². The van der Waals surface area contributed by atoms with Gasteiger partial charge in [0.15, 0.2) is 11.5 Å². The molecule has 0 atom stereocenters. The van der Waals surface area contributed by atoms with Crippen LogP contribution in [0.2, 0.25) is 0 Å². The first-order chi connectivity index (χ1) is 8.60. The molecule has 2 rings (SSSR count). The summed E-state index contributed by atoms with van der Waals surface area (Å²) in [6.45, 7) is 1.69. The molecule has 0 spiro atoms. The minimum atomic E-state index is -1.11. The predicted octanol–water partition coefficient (Wildman–Crippen LogP) is 0.949. The summed E-state index contributed by atoms with van der Waals surface area (Å²) in [6, 6.07) is 2.94. The largest absolute Gasteiger partial charge is 0.481 e. The van der Waals surface area contributed by atoms with E-state index in [-0.39, 0.29) is 11.5 Å². The number of carboxylic acids is 1. The molecule has 7 heteroatoms. The van der Waals surface area contributed by atoms with Gasteiger partial charge in [0.05, 0.1) is 7.11 Å². The minimum Gasteiger partial charge on any atom is -0.481 e. The molecule has 0 aromatic carbocycles. The van der Waals surface area contributed by atoms with Gasteiger partial charge < -0.3 is 9.84 Å². The minimum absolute atomic E-state index is 0.0740. The third-order valence-electron chi connectivity index (χ3n) is 2.15. The van der Waals surface area contributed by atoms with E-state index in [1.54, 1.807) is 13.0 Å². The number of methoxy groups -OCH3 is 1. The van der Waals surface area contributed by atoms with Gasteiger partial charge in [-0.1, -0.05) is 0 Å². The first kappa shape index (κ1) is 11.9. The molecule has 0 unspecified atom stereocenters. The van der Waals surface area contributed by atoms with Crippen molar-refractivity contribution in [2.45, 2.75) is 6.92 Å². The van der Waals surface area contributed by atoms with Crippen LogP contribution in [0, 0.1) is 6.92 Å². The van der Waals surface area contributed by atoms with E-state index >= 15 is 0 Å². The Hall–Kier alpha value is -2.57. The van der Waals surface area contributed by atoms with E-state index in [1.807, 2.05) is 0 Å². The van der Waals surface area contributed by atoms with Gasteiger partial charge in [-0.15, -0.1) is 0 Å². The summed E-state index contributed by atoms with van der Waals surface area (Å²) in [5.41, 5.74) is 0.887. The molecule has 2 aromatic rings. The smallest absolute Gasteiger partial charge is 0.354 e. The van der Waals surface area contributed by atoms with Crippen molar-refractivity contribution in [1.29, 1.82) is 0 Å². The zero-order valence-electron chi connectivity index (χ0n) is 9.78. The van der Waals surface area contributed by atoms with Crippen LogP contribution in [0.15, 0.2) is 18.5 Å². The molecule has 0 aliphatic carbocycles. The lowest BCUT2D eigenvalue weighted by Crippen LogP contribution is -2.05. The molecule has 7 nitrogen and oxygen atoms in total. The van der Waals surface area contributed by atoms with Gasteiger partial charge in [-0.3, -0.25) is 0 Å². The van der Waals surface area contributed by atoms with E-state index in [0.717, 1.165) is 0 Å². The highest BCUT2D eigenvalue weighted by molar-refractivity contribution is 5.85. The Morgan fingerprint density at radius 1 is 1.28 bits per heavy atom. The van der Waals surface area contributed by atoms with E-state index < -0.39 is 5.97 Å². The zero-order valence-corrected chi connectivity index (χ0v) is 9.78. The topological polar surface area (TPSA) is 98.1 Å². The molecule has 18 heavy (non-hydrogen) atoms. The number of hydrogen-bond acceptors (Lipinski definition) is 6. The number of aromatic carboxylic acids is 1. The Bertz CT molecular complexity index is 601. The van der Waals surface area contributed by atoms with Crippen LogP contribution in [0.1, 0.15) is 16.2 Å². The van der Waals surface area contributed by atoms with E-state index in [4.69, 9.17) is 9.84 Å².